The van der Waals surface area contributed by atoms with E-state index < -0.39 is 10.0 Å². The third kappa shape index (κ3) is 4.27. The zero-order valence-electron chi connectivity index (χ0n) is 12.8. The van der Waals surface area contributed by atoms with Gasteiger partial charge in [-0.05, 0) is 36.8 Å². The Bertz CT molecular complexity index is 776. The number of nitrogens with zero attached hydrogens (tertiary/aromatic N) is 2. The minimum atomic E-state index is -3.72. The molecule has 2 amide bonds. The van der Waals surface area contributed by atoms with E-state index in [2.05, 4.69) is 10.3 Å². The van der Waals surface area contributed by atoms with Crippen molar-refractivity contribution in [1.29, 1.82) is 0 Å². The number of hydrogen-bond donors (Lipinski definition) is 2. The first kappa shape index (κ1) is 16.9. The Labute approximate surface area is 135 Å². The SMILES string of the molecule is CC(c1ccc(S(N)(=O)=O)cc1)N(C)C(=O)Nc1cccnc1. The highest BCUT2D eigenvalue weighted by atomic mass is 32.2. The Balaban J connectivity index is 2.09. The summed E-state index contributed by atoms with van der Waals surface area (Å²) in [5.41, 5.74) is 1.39. The molecule has 1 atom stereocenters. The fraction of sp³-hybridized carbons (Fsp3) is 0.200. The van der Waals surface area contributed by atoms with Crippen LogP contribution in [0.3, 0.4) is 0 Å². The molecule has 0 aliphatic heterocycles. The number of aromatic nitrogens is 1. The molecule has 0 saturated carbocycles. The van der Waals surface area contributed by atoms with E-state index in [1.807, 2.05) is 6.92 Å². The standard InChI is InChI=1S/C15H18N4O3S/c1-11(12-5-7-14(8-6-12)23(16,21)22)19(2)15(20)18-13-4-3-9-17-10-13/h3-11H,1-2H3,(H,18,20)(H2,16,21,22). The van der Waals surface area contributed by atoms with Crippen molar-refractivity contribution in [2.24, 2.45) is 5.14 Å². The van der Waals surface area contributed by atoms with Gasteiger partial charge in [0, 0.05) is 13.2 Å². The molecule has 3 N–H and O–H groups in total. The molecule has 0 bridgehead atoms. The second-order valence-corrected chi connectivity index (χ2v) is 6.63. The Morgan fingerprint density at radius 3 is 2.43 bits per heavy atom. The van der Waals surface area contributed by atoms with Crippen LogP contribution in [0.4, 0.5) is 10.5 Å². The van der Waals surface area contributed by atoms with Crippen LogP contribution in [0.5, 0.6) is 0 Å². The van der Waals surface area contributed by atoms with E-state index in [9.17, 15) is 13.2 Å². The van der Waals surface area contributed by atoms with Crippen molar-refractivity contribution in [3.8, 4) is 0 Å². The van der Waals surface area contributed by atoms with Crippen LogP contribution >= 0.6 is 0 Å². The summed E-state index contributed by atoms with van der Waals surface area (Å²) < 4.78 is 22.5. The molecule has 1 aromatic heterocycles. The van der Waals surface area contributed by atoms with Gasteiger partial charge in [-0.15, -0.1) is 0 Å². The van der Waals surface area contributed by atoms with Gasteiger partial charge in [0.25, 0.3) is 0 Å². The lowest BCUT2D eigenvalue weighted by Crippen LogP contribution is -2.33. The number of urea groups is 1. The molecule has 1 heterocycles. The Morgan fingerprint density at radius 2 is 1.91 bits per heavy atom. The van der Waals surface area contributed by atoms with E-state index in [-0.39, 0.29) is 17.0 Å². The van der Waals surface area contributed by atoms with Gasteiger partial charge in [-0.1, -0.05) is 12.1 Å². The van der Waals surface area contributed by atoms with Crippen molar-refractivity contribution < 1.29 is 13.2 Å². The lowest BCUT2D eigenvalue weighted by molar-refractivity contribution is 0.208. The summed E-state index contributed by atoms with van der Waals surface area (Å²) >= 11 is 0. The molecule has 8 heteroatoms. The minimum absolute atomic E-state index is 0.0379. The first-order valence-electron chi connectivity index (χ1n) is 6.85. The Morgan fingerprint density at radius 1 is 1.26 bits per heavy atom. The van der Waals surface area contributed by atoms with Crippen molar-refractivity contribution in [3.05, 3.63) is 54.4 Å². The van der Waals surface area contributed by atoms with E-state index in [1.54, 1.807) is 43.7 Å². The molecule has 1 unspecified atom stereocenters. The smallest absolute Gasteiger partial charge is 0.321 e. The van der Waals surface area contributed by atoms with Crippen LogP contribution in [0.1, 0.15) is 18.5 Å². The maximum atomic E-state index is 12.2. The average Bonchev–Trinajstić information content (AvgIpc) is 2.53. The van der Waals surface area contributed by atoms with Crippen LogP contribution in [-0.4, -0.2) is 31.4 Å². The molecule has 2 aromatic rings. The third-order valence-electron chi connectivity index (χ3n) is 3.51. The van der Waals surface area contributed by atoms with Gasteiger partial charge in [0.05, 0.1) is 22.8 Å². The van der Waals surface area contributed by atoms with Crippen LogP contribution < -0.4 is 10.5 Å². The number of nitrogens with two attached hydrogens (primary N) is 1. The van der Waals surface area contributed by atoms with Crippen LogP contribution in [0, 0.1) is 0 Å². The summed E-state index contributed by atoms with van der Waals surface area (Å²) in [4.78, 5) is 17.7. The summed E-state index contributed by atoms with van der Waals surface area (Å²) in [6.45, 7) is 1.84. The predicted molar refractivity (Wildman–Crippen MR) is 87.2 cm³/mol. The van der Waals surface area contributed by atoms with Crippen molar-refractivity contribution >= 4 is 21.7 Å². The zero-order valence-corrected chi connectivity index (χ0v) is 13.6. The fourth-order valence-electron chi connectivity index (χ4n) is 1.98. The topological polar surface area (TPSA) is 105 Å². The van der Waals surface area contributed by atoms with Gasteiger partial charge in [0.2, 0.25) is 10.0 Å². The highest BCUT2D eigenvalue weighted by Gasteiger charge is 2.18. The van der Waals surface area contributed by atoms with E-state index in [4.69, 9.17) is 5.14 Å². The van der Waals surface area contributed by atoms with Crippen LogP contribution in [0.2, 0.25) is 0 Å². The number of carbonyl (C=O) groups excluding carboxylic acids is 1. The van der Waals surface area contributed by atoms with Crippen molar-refractivity contribution in [2.75, 3.05) is 12.4 Å². The highest BCUT2D eigenvalue weighted by molar-refractivity contribution is 7.89. The van der Waals surface area contributed by atoms with E-state index >= 15 is 0 Å². The second-order valence-electron chi connectivity index (χ2n) is 5.07. The van der Waals surface area contributed by atoms with Crippen LogP contribution in [0.25, 0.3) is 0 Å². The molecule has 0 radical (unpaired) electrons. The predicted octanol–water partition coefficient (Wildman–Crippen LogP) is 1.95. The molecular weight excluding hydrogens is 316 g/mol. The number of nitrogens with one attached hydrogen (secondary N) is 1. The number of anilines is 1. The van der Waals surface area contributed by atoms with Gasteiger partial charge in [-0.3, -0.25) is 4.98 Å². The third-order valence-corrected chi connectivity index (χ3v) is 4.43. The summed E-state index contributed by atoms with van der Waals surface area (Å²) in [7, 11) is -2.07. The number of pyridine rings is 1. The van der Waals surface area contributed by atoms with Crippen molar-refractivity contribution in [1.82, 2.24) is 9.88 Å². The van der Waals surface area contributed by atoms with Gasteiger partial charge in [0.15, 0.2) is 0 Å². The molecule has 23 heavy (non-hydrogen) atoms. The second kappa shape index (κ2) is 6.76. The quantitative estimate of drug-likeness (QED) is 0.891. The number of primary sulfonamides is 1. The maximum absolute atomic E-state index is 12.2. The van der Waals surface area contributed by atoms with Crippen LogP contribution in [0.15, 0.2) is 53.7 Å². The highest BCUT2D eigenvalue weighted by Crippen LogP contribution is 2.21. The normalized spacial score (nSPS) is 12.5. The van der Waals surface area contributed by atoms with E-state index in [0.717, 1.165) is 5.56 Å². The summed E-state index contributed by atoms with van der Waals surface area (Å²) in [6, 6.07) is 9.05. The van der Waals surface area contributed by atoms with Crippen molar-refractivity contribution in [3.63, 3.8) is 0 Å². The monoisotopic (exact) mass is 334 g/mol. The number of sulfonamides is 1. The molecule has 0 aliphatic carbocycles. The molecule has 0 fully saturated rings. The molecule has 1 aromatic carbocycles. The summed E-state index contributed by atoms with van der Waals surface area (Å²) in [5, 5.41) is 7.81. The molecule has 122 valence electrons. The van der Waals surface area contributed by atoms with E-state index in [1.165, 1.54) is 17.0 Å². The summed E-state index contributed by atoms with van der Waals surface area (Å²) in [6.07, 6.45) is 3.17. The minimum Gasteiger partial charge on any atom is -0.321 e. The van der Waals surface area contributed by atoms with Gasteiger partial charge in [-0.2, -0.15) is 0 Å². The van der Waals surface area contributed by atoms with Gasteiger partial charge < -0.3 is 10.2 Å². The molecule has 7 nitrogen and oxygen atoms in total. The van der Waals surface area contributed by atoms with Crippen LogP contribution in [-0.2, 0) is 10.0 Å². The van der Waals surface area contributed by atoms with Crippen molar-refractivity contribution in [2.45, 2.75) is 17.9 Å². The number of rotatable bonds is 4. The largest absolute Gasteiger partial charge is 0.322 e. The maximum Gasteiger partial charge on any atom is 0.322 e. The molecular formula is C15H18N4O3S. The van der Waals surface area contributed by atoms with Gasteiger partial charge >= 0.3 is 6.03 Å². The van der Waals surface area contributed by atoms with E-state index in [0.29, 0.717) is 5.69 Å². The molecule has 0 spiro atoms. The fourth-order valence-corrected chi connectivity index (χ4v) is 2.50. The lowest BCUT2D eigenvalue weighted by Gasteiger charge is -2.25. The number of hydrogen-bond acceptors (Lipinski definition) is 4. The number of carbonyl (C=O) groups is 1. The zero-order chi connectivity index (χ0) is 17.0. The Kier molecular flexibility index (Phi) is 4.97. The average molecular weight is 334 g/mol. The molecule has 0 aliphatic rings. The number of benzene rings is 1. The lowest BCUT2D eigenvalue weighted by atomic mass is 10.1. The Hall–Kier alpha value is -2.45. The molecule has 2 rings (SSSR count). The summed E-state index contributed by atoms with van der Waals surface area (Å²) in [5.74, 6) is 0. The first-order valence-corrected chi connectivity index (χ1v) is 8.40. The van der Waals surface area contributed by atoms with Gasteiger partial charge in [-0.25, -0.2) is 18.4 Å². The first-order chi connectivity index (χ1) is 10.8. The number of amides is 2. The molecule has 0 saturated heterocycles. The van der Waals surface area contributed by atoms with Gasteiger partial charge in [0.1, 0.15) is 0 Å².